The van der Waals surface area contributed by atoms with Crippen LogP contribution in [0.2, 0.25) is 0 Å². The van der Waals surface area contributed by atoms with Gasteiger partial charge in [0, 0.05) is 40.3 Å². The van der Waals surface area contributed by atoms with Crippen molar-refractivity contribution >= 4 is 23.1 Å². The Balaban J connectivity index is 0.000000423. The van der Waals surface area contributed by atoms with Crippen LogP contribution in [0.4, 0.5) is 19.1 Å². The molecule has 0 bridgehead atoms. The molecule has 1 saturated heterocycles. The molecule has 2 aromatic rings. The number of imidazole rings is 1. The van der Waals surface area contributed by atoms with Gasteiger partial charge >= 0.3 is 17.8 Å². The van der Waals surface area contributed by atoms with Gasteiger partial charge in [0.05, 0.1) is 12.6 Å². The summed E-state index contributed by atoms with van der Waals surface area (Å²) in [6.45, 7) is 6.15. The zero-order valence-electron chi connectivity index (χ0n) is 16.9. The van der Waals surface area contributed by atoms with E-state index in [0.29, 0.717) is 36.7 Å². The molecule has 3 N–H and O–H groups in total. The molecule has 0 saturated carbocycles. The minimum atomic E-state index is -5.08. The summed E-state index contributed by atoms with van der Waals surface area (Å²) in [6.07, 6.45) is -3.40. The van der Waals surface area contributed by atoms with Gasteiger partial charge in [0.1, 0.15) is 0 Å². The first-order valence-electron chi connectivity index (χ1n) is 9.11. The second kappa shape index (κ2) is 9.34. The van der Waals surface area contributed by atoms with Crippen molar-refractivity contribution in [2.75, 3.05) is 31.1 Å². The van der Waals surface area contributed by atoms with E-state index >= 15 is 0 Å². The molecule has 1 aliphatic rings. The zero-order valence-corrected chi connectivity index (χ0v) is 16.9. The van der Waals surface area contributed by atoms with Crippen LogP contribution in [-0.4, -0.2) is 73.3 Å². The van der Waals surface area contributed by atoms with Gasteiger partial charge in [-0.05, 0) is 0 Å². The summed E-state index contributed by atoms with van der Waals surface area (Å²) in [4.78, 5) is 40.2. The van der Waals surface area contributed by atoms with Crippen LogP contribution in [0.15, 0.2) is 22.2 Å². The highest BCUT2D eigenvalue weighted by Crippen LogP contribution is 2.22. The first-order chi connectivity index (χ1) is 14.4. The number of hydrogen-bond acceptors (Lipinski definition) is 7. The van der Waals surface area contributed by atoms with Gasteiger partial charge in [0.2, 0.25) is 5.95 Å². The van der Waals surface area contributed by atoms with Crippen molar-refractivity contribution in [3.63, 3.8) is 0 Å². The average molecular weight is 448 g/mol. The van der Waals surface area contributed by atoms with Crippen LogP contribution in [0.25, 0.3) is 11.2 Å². The van der Waals surface area contributed by atoms with Crippen molar-refractivity contribution in [2.45, 2.75) is 18.8 Å². The molecule has 0 aromatic carbocycles. The van der Waals surface area contributed by atoms with E-state index in [1.165, 1.54) is 11.6 Å². The molecular formula is C17H23F3N6O5. The topological polar surface area (TPSA) is 135 Å². The largest absolute Gasteiger partial charge is 0.490 e. The number of aryl methyl sites for hydroxylation is 1. The first-order valence-corrected chi connectivity index (χ1v) is 9.11. The number of hydrogen-bond donors (Lipinski definition) is 3. The number of rotatable bonds is 4. The highest BCUT2D eigenvalue weighted by molar-refractivity contribution is 5.75. The summed E-state index contributed by atoms with van der Waals surface area (Å²) in [6, 6.07) is -0.139. The van der Waals surface area contributed by atoms with Crippen molar-refractivity contribution in [3.8, 4) is 0 Å². The summed E-state index contributed by atoms with van der Waals surface area (Å²) >= 11 is 0. The highest BCUT2D eigenvalue weighted by atomic mass is 19.4. The monoisotopic (exact) mass is 448 g/mol. The standard InChI is InChI=1S/C15H22N6O3.C2HF3O2/c1-4-6-21-11-12(18(2)15(24)19(3)13(11)23)17-14(21)20-7-5-16-8-10(20)9-22;3-2(4,5)1(6)7/h4,10,16,22H,1,5-9H2,2-3H3;(H,6,7). The van der Waals surface area contributed by atoms with Gasteiger partial charge in [-0.15, -0.1) is 6.58 Å². The van der Waals surface area contributed by atoms with Crippen molar-refractivity contribution in [1.29, 1.82) is 0 Å². The van der Waals surface area contributed by atoms with Gasteiger partial charge in [-0.1, -0.05) is 6.08 Å². The molecule has 0 spiro atoms. The highest BCUT2D eigenvalue weighted by Gasteiger charge is 2.38. The first kappa shape index (κ1) is 24.1. The molecular weight excluding hydrogens is 425 g/mol. The van der Waals surface area contributed by atoms with Crippen LogP contribution in [0, 0.1) is 0 Å². The van der Waals surface area contributed by atoms with Crippen LogP contribution < -0.4 is 21.5 Å². The number of carbonyl (C=O) groups is 1. The van der Waals surface area contributed by atoms with Crippen LogP contribution in [-0.2, 0) is 25.4 Å². The molecule has 3 rings (SSSR count). The third-order valence-electron chi connectivity index (χ3n) is 4.70. The Hall–Kier alpha value is -3.13. The van der Waals surface area contributed by atoms with Crippen LogP contribution >= 0.6 is 0 Å². The quantitative estimate of drug-likeness (QED) is 0.509. The number of anilines is 1. The minimum Gasteiger partial charge on any atom is -0.475 e. The molecule has 11 nitrogen and oxygen atoms in total. The predicted molar refractivity (Wildman–Crippen MR) is 105 cm³/mol. The van der Waals surface area contributed by atoms with Gasteiger partial charge in [-0.2, -0.15) is 18.2 Å². The van der Waals surface area contributed by atoms with E-state index in [2.05, 4.69) is 16.9 Å². The van der Waals surface area contributed by atoms with Crippen LogP contribution in [0.3, 0.4) is 0 Å². The Kier molecular flexibility index (Phi) is 7.28. The lowest BCUT2D eigenvalue weighted by atomic mass is 10.2. The lowest BCUT2D eigenvalue weighted by Gasteiger charge is -2.36. The summed E-state index contributed by atoms with van der Waals surface area (Å²) in [7, 11) is 3.05. The number of piperazine rings is 1. The van der Waals surface area contributed by atoms with Gasteiger partial charge in [-0.3, -0.25) is 13.9 Å². The molecule has 0 aliphatic carbocycles. The van der Waals surface area contributed by atoms with Crippen molar-refractivity contribution in [3.05, 3.63) is 33.5 Å². The second-order valence-electron chi connectivity index (χ2n) is 6.73. The van der Waals surface area contributed by atoms with E-state index in [0.717, 1.165) is 11.1 Å². The smallest absolute Gasteiger partial charge is 0.475 e. The number of halogens is 3. The fourth-order valence-electron chi connectivity index (χ4n) is 3.14. The summed E-state index contributed by atoms with van der Waals surface area (Å²) in [5.74, 6) is -2.18. The molecule has 1 fully saturated rings. The van der Waals surface area contributed by atoms with E-state index in [1.54, 1.807) is 17.7 Å². The number of aliphatic carboxylic acids is 1. The predicted octanol–water partition coefficient (Wildman–Crippen LogP) is -0.976. The number of fused-ring (bicyclic) bond motifs is 1. The van der Waals surface area contributed by atoms with Crippen molar-refractivity contribution in [1.82, 2.24) is 24.0 Å². The van der Waals surface area contributed by atoms with Crippen molar-refractivity contribution < 1.29 is 28.2 Å². The number of nitrogens with zero attached hydrogens (tertiary/aromatic N) is 5. The van der Waals surface area contributed by atoms with E-state index in [9.17, 15) is 27.9 Å². The van der Waals surface area contributed by atoms with Crippen molar-refractivity contribution in [2.24, 2.45) is 14.1 Å². The molecule has 1 atom stereocenters. The van der Waals surface area contributed by atoms with Crippen LogP contribution in [0.5, 0.6) is 0 Å². The number of nitrogens with one attached hydrogen (secondary N) is 1. The van der Waals surface area contributed by atoms with Gasteiger partial charge in [0.25, 0.3) is 5.56 Å². The Bertz CT molecular complexity index is 1090. The van der Waals surface area contributed by atoms with E-state index in [1.807, 2.05) is 4.90 Å². The van der Waals surface area contributed by atoms with Gasteiger partial charge in [0.15, 0.2) is 11.2 Å². The van der Waals surface area contributed by atoms with Crippen LogP contribution in [0.1, 0.15) is 0 Å². The molecule has 0 radical (unpaired) electrons. The third-order valence-corrected chi connectivity index (χ3v) is 4.70. The number of alkyl halides is 3. The Morgan fingerprint density at radius 1 is 1.32 bits per heavy atom. The molecule has 0 amide bonds. The fraction of sp³-hybridized carbons (Fsp3) is 0.529. The SMILES string of the molecule is C=CCn1c(N2CCNCC2CO)nc2c1c(=O)n(C)c(=O)n2C.O=C(O)C(F)(F)F. The number of carboxylic acid groups (broad SMARTS) is 1. The van der Waals surface area contributed by atoms with E-state index < -0.39 is 17.8 Å². The van der Waals surface area contributed by atoms with E-state index in [4.69, 9.17) is 9.90 Å². The lowest BCUT2D eigenvalue weighted by Crippen LogP contribution is -2.54. The molecule has 3 heterocycles. The Labute approximate surface area is 173 Å². The number of aromatic nitrogens is 4. The maximum atomic E-state index is 12.6. The zero-order chi connectivity index (χ0) is 23.5. The number of aliphatic hydroxyl groups excluding tert-OH is 1. The second-order valence-corrected chi connectivity index (χ2v) is 6.73. The fourth-order valence-corrected chi connectivity index (χ4v) is 3.14. The average Bonchev–Trinajstić information content (AvgIpc) is 3.10. The summed E-state index contributed by atoms with van der Waals surface area (Å²) in [5.41, 5.74) is -0.0920. The Morgan fingerprint density at radius 3 is 2.45 bits per heavy atom. The normalized spacial score (nSPS) is 16.7. The van der Waals surface area contributed by atoms with E-state index in [-0.39, 0.29) is 18.2 Å². The maximum Gasteiger partial charge on any atom is 0.490 e. The molecule has 172 valence electrons. The third kappa shape index (κ3) is 4.80. The maximum absolute atomic E-state index is 12.6. The minimum absolute atomic E-state index is 0.0266. The molecule has 1 unspecified atom stereocenters. The number of aliphatic hydroxyl groups is 1. The van der Waals surface area contributed by atoms with Gasteiger partial charge in [-0.25, -0.2) is 9.59 Å². The van der Waals surface area contributed by atoms with Gasteiger partial charge < -0.3 is 25.0 Å². The molecule has 2 aromatic heterocycles. The number of allylic oxidation sites excluding steroid dienone is 1. The number of carboxylic acids is 1. The molecule has 31 heavy (non-hydrogen) atoms. The lowest BCUT2D eigenvalue weighted by molar-refractivity contribution is -0.192. The summed E-state index contributed by atoms with van der Waals surface area (Å²) in [5, 5.41) is 20.0. The Morgan fingerprint density at radius 2 is 1.94 bits per heavy atom. The molecule has 14 heteroatoms. The summed E-state index contributed by atoms with van der Waals surface area (Å²) < 4.78 is 35.9. The molecule has 1 aliphatic heterocycles.